The number of morpholine rings is 1. The normalized spacial score (nSPS) is 22.0. The molecule has 0 bridgehead atoms. The number of carbonyl (C=O) groups excluding carboxylic acids is 1. The summed E-state index contributed by atoms with van der Waals surface area (Å²) in [6, 6.07) is 8.31. The number of hydrogen-bond donors (Lipinski definition) is 0. The SMILES string of the molecule is COc1ccccc1C[C@@H]1CCCN(CCC(=O)N2CCOCC2)C1. The Morgan fingerprint density at radius 3 is 2.84 bits per heavy atom. The summed E-state index contributed by atoms with van der Waals surface area (Å²) in [5.74, 6) is 1.90. The topological polar surface area (TPSA) is 42.0 Å². The highest BCUT2D eigenvalue weighted by atomic mass is 16.5. The van der Waals surface area contributed by atoms with E-state index < -0.39 is 0 Å². The van der Waals surface area contributed by atoms with Gasteiger partial charge in [-0.1, -0.05) is 18.2 Å². The lowest BCUT2D eigenvalue weighted by Crippen LogP contribution is -2.43. The molecule has 0 unspecified atom stereocenters. The number of amides is 1. The first-order chi connectivity index (χ1) is 12.3. The second-order valence-electron chi connectivity index (χ2n) is 7.07. The fraction of sp³-hybridized carbons (Fsp3) is 0.650. The highest BCUT2D eigenvalue weighted by Crippen LogP contribution is 2.26. The fourth-order valence-corrected chi connectivity index (χ4v) is 3.93. The molecular formula is C20H30N2O3. The number of para-hydroxylation sites is 1. The van der Waals surface area contributed by atoms with Crippen molar-refractivity contribution < 1.29 is 14.3 Å². The molecule has 2 saturated heterocycles. The summed E-state index contributed by atoms with van der Waals surface area (Å²) in [6.45, 7) is 5.91. The van der Waals surface area contributed by atoms with Crippen LogP contribution in [0.1, 0.15) is 24.8 Å². The Labute approximate surface area is 150 Å². The Morgan fingerprint density at radius 1 is 1.24 bits per heavy atom. The van der Waals surface area contributed by atoms with E-state index in [2.05, 4.69) is 17.0 Å². The van der Waals surface area contributed by atoms with Gasteiger partial charge in [0, 0.05) is 32.6 Å². The van der Waals surface area contributed by atoms with Crippen molar-refractivity contribution in [1.82, 2.24) is 9.80 Å². The van der Waals surface area contributed by atoms with E-state index in [1.807, 2.05) is 17.0 Å². The average Bonchev–Trinajstić information content (AvgIpc) is 2.67. The molecule has 0 saturated carbocycles. The van der Waals surface area contributed by atoms with Gasteiger partial charge in [0.2, 0.25) is 5.91 Å². The van der Waals surface area contributed by atoms with Crippen LogP contribution in [0.15, 0.2) is 24.3 Å². The van der Waals surface area contributed by atoms with E-state index >= 15 is 0 Å². The number of hydrogen-bond acceptors (Lipinski definition) is 4. The minimum absolute atomic E-state index is 0.273. The van der Waals surface area contributed by atoms with Crippen LogP contribution >= 0.6 is 0 Å². The Bertz CT molecular complexity index is 558. The third kappa shape index (κ3) is 5.19. The maximum atomic E-state index is 12.3. The van der Waals surface area contributed by atoms with E-state index in [9.17, 15) is 4.79 Å². The predicted molar refractivity (Wildman–Crippen MR) is 97.9 cm³/mol. The summed E-state index contributed by atoms with van der Waals surface area (Å²) in [6.07, 6.45) is 4.15. The first-order valence-corrected chi connectivity index (χ1v) is 9.46. The van der Waals surface area contributed by atoms with Crippen molar-refractivity contribution >= 4 is 5.91 Å². The molecule has 2 fully saturated rings. The van der Waals surface area contributed by atoms with Crippen molar-refractivity contribution in [1.29, 1.82) is 0 Å². The zero-order valence-corrected chi connectivity index (χ0v) is 15.3. The number of carbonyl (C=O) groups is 1. The lowest BCUT2D eigenvalue weighted by atomic mass is 9.91. The molecule has 2 aliphatic heterocycles. The number of nitrogens with zero attached hydrogens (tertiary/aromatic N) is 2. The van der Waals surface area contributed by atoms with Crippen LogP contribution < -0.4 is 4.74 Å². The molecule has 1 aromatic carbocycles. The maximum absolute atomic E-state index is 12.3. The molecule has 2 aliphatic rings. The number of rotatable bonds is 6. The molecule has 0 aromatic heterocycles. The zero-order chi connectivity index (χ0) is 17.5. The van der Waals surface area contributed by atoms with Gasteiger partial charge in [-0.05, 0) is 43.4 Å². The molecule has 0 aliphatic carbocycles. The molecule has 1 amide bonds. The summed E-state index contributed by atoms with van der Waals surface area (Å²) in [4.78, 5) is 16.7. The highest BCUT2D eigenvalue weighted by molar-refractivity contribution is 5.76. The van der Waals surface area contributed by atoms with Gasteiger partial charge in [-0.15, -0.1) is 0 Å². The van der Waals surface area contributed by atoms with Crippen molar-refractivity contribution in [3.8, 4) is 5.75 Å². The molecule has 3 rings (SSSR count). The molecule has 5 nitrogen and oxygen atoms in total. The lowest BCUT2D eigenvalue weighted by Gasteiger charge is -2.34. The molecule has 1 aromatic rings. The monoisotopic (exact) mass is 346 g/mol. The van der Waals surface area contributed by atoms with Crippen LogP contribution in [0.25, 0.3) is 0 Å². The van der Waals surface area contributed by atoms with E-state index in [1.54, 1.807) is 7.11 Å². The zero-order valence-electron chi connectivity index (χ0n) is 15.3. The number of benzene rings is 1. The van der Waals surface area contributed by atoms with Crippen LogP contribution in [-0.4, -0.2) is 68.8 Å². The quantitative estimate of drug-likeness (QED) is 0.792. The molecule has 5 heteroatoms. The van der Waals surface area contributed by atoms with Gasteiger partial charge in [0.05, 0.1) is 20.3 Å². The summed E-state index contributed by atoms with van der Waals surface area (Å²) < 4.78 is 10.8. The highest BCUT2D eigenvalue weighted by Gasteiger charge is 2.23. The van der Waals surface area contributed by atoms with Crippen LogP contribution in [0.4, 0.5) is 0 Å². The molecular weight excluding hydrogens is 316 g/mol. The van der Waals surface area contributed by atoms with Crippen molar-refractivity contribution in [3.63, 3.8) is 0 Å². The summed E-state index contributed by atoms with van der Waals surface area (Å²) >= 11 is 0. The van der Waals surface area contributed by atoms with Gasteiger partial charge in [0.15, 0.2) is 0 Å². The smallest absolute Gasteiger partial charge is 0.224 e. The summed E-state index contributed by atoms with van der Waals surface area (Å²) in [5, 5.41) is 0. The first kappa shape index (κ1) is 18.2. The second-order valence-corrected chi connectivity index (χ2v) is 7.07. The number of piperidine rings is 1. The Hall–Kier alpha value is -1.59. The summed E-state index contributed by atoms with van der Waals surface area (Å²) in [5.41, 5.74) is 1.29. The molecule has 2 heterocycles. The Morgan fingerprint density at radius 2 is 2.04 bits per heavy atom. The number of likely N-dealkylation sites (tertiary alicyclic amines) is 1. The third-order valence-corrected chi connectivity index (χ3v) is 5.31. The van der Waals surface area contributed by atoms with Gasteiger partial charge in [0.1, 0.15) is 5.75 Å². The molecule has 0 N–H and O–H groups in total. The number of methoxy groups -OCH3 is 1. The largest absolute Gasteiger partial charge is 0.496 e. The maximum Gasteiger partial charge on any atom is 0.224 e. The van der Waals surface area contributed by atoms with Crippen LogP contribution in [0.3, 0.4) is 0 Å². The minimum atomic E-state index is 0.273. The van der Waals surface area contributed by atoms with E-state index in [0.29, 0.717) is 25.6 Å². The van der Waals surface area contributed by atoms with Crippen molar-refractivity contribution in [2.75, 3.05) is 53.0 Å². The van der Waals surface area contributed by atoms with Gasteiger partial charge in [-0.25, -0.2) is 0 Å². The standard InChI is InChI=1S/C20H30N2O3/c1-24-19-7-3-2-6-18(19)15-17-5-4-9-21(16-17)10-8-20(23)22-11-13-25-14-12-22/h2-3,6-7,17H,4-5,8-16H2,1H3/t17-/m0/s1. The van der Waals surface area contributed by atoms with Crippen molar-refractivity contribution in [2.45, 2.75) is 25.7 Å². The van der Waals surface area contributed by atoms with Gasteiger partial charge in [0.25, 0.3) is 0 Å². The van der Waals surface area contributed by atoms with Gasteiger partial charge < -0.3 is 19.3 Å². The molecule has 0 spiro atoms. The third-order valence-electron chi connectivity index (χ3n) is 5.31. The Balaban J connectivity index is 1.47. The average molecular weight is 346 g/mol. The van der Waals surface area contributed by atoms with Crippen LogP contribution in [0.2, 0.25) is 0 Å². The van der Waals surface area contributed by atoms with E-state index in [0.717, 1.165) is 44.9 Å². The molecule has 138 valence electrons. The van der Waals surface area contributed by atoms with Crippen LogP contribution in [0, 0.1) is 5.92 Å². The van der Waals surface area contributed by atoms with Crippen molar-refractivity contribution in [2.24, 2.45) is 5.92 Å². The number of ether oxygens (including phenoxy) is 2. The lowest BCUT2D eigenvalue weighted by molar-refractivity contribution is -0.135. The fourth-order valence-electron chi connectivity index (χ4n) is 3.93. The van der Waals surface area contributed by atoms with Crippen molar-refractivity contribution in [3.05, 3.63) is 29.8 Å². The van der Waals surface area contributed by atoms with Gasteiger partial charge in [-0.2, -0.15) is 0 Å². The second kappa shape index (κ2) is 9.20. The minimum Gasteiger partial charge on any atom is -0.496 e. The Kier molecular flexibility index (Phi) is 6.70. The van der Waals surface area contributed by atoms with Gasteiger partial charge in [-0.3, -0.25) is 4.79 Å². The molecule has 1 atom stereocenters. The van der Waals surface area contributed by atoms with E-state index in [-0.39, 0.29) is 5.91 Å². The summed E-state index contributed by atoms with van der Waals surface area (Å²) in [7, 11) is 1.74. The predicted octanol–water partition coefficient (Wildman–Crippen LogP) is 2.20. The van der Waals surface area contributed by atoms with E-state index in [4.69, 9.17) is 9.47 Å². The molecule has 25 heavy (non-hydrogen) atoms. The van der Waals surface area contributed by atoms with E-state index in [1.165, 1.54) is 18.4 Å². The first-order valence-electron chi connectivity index (χ1n) is 9.46. The molecule has 0 radical (unpaired) electrons. The van der Waals surface area contributed by atoms with Crippen LogP contribution in [-0.2, 0) is 16.0 Å². The van der Waals surface area contributed by atoms with Crippen LogP contribution in [0.5, 0.6) is 5.75 Å². The van der Waals surface area contributed by atoms with Gasteiger partial charge >= 0.3 is 0 Å².